The molecule has 4 nitrogen and oxygen atoms in total. The lowest BCUT2D eigenvalue weighted by molar-refractivity contribution is -0.205. The van der Waals surface area contributed by atoms with Gasteiger partial charge in [-0.2, -0.15) is 10.5 Å². The zero-order valence-electron chi connectivity index (χ0n) is 8.40. The summed E-state index contributed by atoms with van der Waals surface area (Å²) in [5.41, 5.74) is 0. The summed E-state index contributed by atoms with van der Waals surface area (Å²) >= 11 is 0. The Kier molecular flexibility index (Phi) is 5.87. The summed E-state index contributed by atoms with van der Waals surface area (Å²) in [6.07, 6.45) is 1.54. The molecule has 0 saturated carbocycles. The Morgan fingerprint density at radius 3 is 2.21 bits per heavy atom. The summed E-state index contributed by atoms with van der Waals surface area (Å²) in [5, 5.41) is 36.0. The van der Waals surface area contributed by atoms with Crippen molar-refractivity contribution in [2.45, 2.75) is 44.8 Å². The maximum atomic E-state index is 9.63. The Hall–Kier alpha value is -1.10. The largest absolute Gasteiger partial charge is 0.365 e. The van der Waals surface area contributed by atoms with Crippen molar-refractivity contribution in [1.82, 2.24) is 0 Å². The quantitative estimate of drug-likeness (QED) is 0.627. The fraction of sp³-hybridized carbons (Fsp3) is 0.800. The lowest BCUT2D eigenvalue weighted by Crippen LogP contribution is -2.37. The maximum absolute atomic E-state index is 9.63. The number of rotatable bonds is 6. The third-order valence-electron chi connectivity index (χ3n) is 2.36. The first kappa shape index (κ1) is 12.9. The Balaban J connectivity index is 4.19. The zero-order chi connectivity index (χ0) is 11.0. The van der Waals surface area contributed by atoms with Gasteiger partial charge in [-0.05, 0) is 12.8 Å². The van der Waals surface area contributed by atoms with Gasteiger partial charge in [0, 0.05) is 25.2 Å². The van der Waals surface area contributed by atoms with E-state index in [9.17, 15) is 10.2 Å². The monoisotopic (exact) mass is 196 g/mol. The van der Waals surface area contributed by atoms with Crippen LogP contribution in [0.25, 0.3) is 0 Å². The van der Waals surface area contributed by atoms with E-state index in [0.717, 1.165) is 0 Å². The van der Waals surface area contributed by atoms with Crippen LogP contribution in [0.3, 0.4) is 0 Å². The third-order valence-corrected chi connectivity index (χ3v) is 2.36. The number of aliphatic hydroxyl groups is 2. The summed E-state index contributed by atoms with van der Waals surface area (Å²) in [4.78, 5) is 0. The Morgan fingerprint density at radius 1 is 1.21 bits per heavy atom. The average Bonchev–Trinajstić information content (AvgIpc) is 2.16. The first-order valence-corrected chi connectivity index (χ1v) is 4.77. The predicted molar refractivity (Wildman–Crippen MR) is 50.6 cm³/mol. The molecule has 0 fully saturated rings. The molecule has 0 bridgehead atoms. The highest BCUT2D eigenvalue weighted by Crippen LogP contribution is 2.27. The van der Waals surface area contributed by atoms with Gasteiger partial charge in [0.1, 0.15) is 0 Å². The van der Waals surface area contributed by atoms with Crippen molar-refractivity contribution >= 4 is 0 Å². The van der Waals surface area contributed by atoms with E-state index >= 15 is 0 Å². The van der Waals surface area contributed by atoms with Crippen LogP contribution in [-0.2, 0) is 0 Å². The zero-order valence-corrected chi connectivity index (χ0v) is 8.40. The van der Waals surface area contributed by atoms with E-state index in [4.69, 9.17) is 10.5 Å². The van der Waals surface area contributed by atoms with E-state index in [0.29, 0.717) is 19.3 Å². The fourth-order valence-electron chi connectivity index (χ4n) is 1.44. The molecule has 0 rings (SSSR count). The van der Waals surface area contributed by atoms with Gasteiger partial charge in [-0.25, -0.2) is 0 Å². The van der Waals surface area contributed by atoms with Crippen molar-refractivity contribution in [3.63, 3.8) is 0 Å². The maximum Gasteiger partial charge on any atom is 0.166 e. The molecule has 0 aromatic heterocycles. The fourth-order valence-corrected chi connectivity index (χ4v) is 1.44. The molecule has 0 radical (unpaired) electrons. The summed E-state index contributed by atoms with van der Waals surface area (Å²) in [6, 6.07) is 3.85. The molecule has 0 spiro atoms. The van der Waals surface area contributed by atoms with Crippen molar-refractivity contribution < 1.29 is 10.2 Å². The van der Waals surface area contributed by atoms with E-state index in [1.54, 1.807) is 0 Å². The van der Waals surface area contributed by atoms with Crippen LogP contribution in [0.1, 0.15) is 39.0 Å². The lowest BCUT2D eigenvalue weighted by Gasteiger charge is -2.29. The predicted octanol–water partition coefficient (Wildman–Crippen LogP) is 1.30. The van der Waals surface area contributed by atoms with E-state index in [1.165, 1.54) is 0 Å². The Bertz CT molecular complexity index is 237. The molecule has 78 valence electrons. The molecular weight excluding hydrogens is 180 g/mol. The van der Waals surface area contributed by atoms with Gasteiger partial charge in [0.25, 0.3) is 0 Å². The second-order valence-electron chi connectivity index (χ2n) is 3.34. The molecule has 0 aromatic rings. The van der Waals surface area contributed by atoms with Crippen molar-refractivity contribution in [3.8, 4) is 12.1 Å². The number of nitriles is 2. The van der Waals surface area contributed by atoms with Gasteiger partial charge in [-0.3, -0.25) is 0 Å². The molecule has 0 aromatic carbocycles. The molecule has 14 heavy (non-hydrogen) atoms. The van der Waals surface area contributed by atoms with Crippen LogP contribution in [0.4, 0.5) is 0 Å². The van der Waals surface area contributed by atoms with Crippen molar-refractivity contribution in [2.75, 3.05) is 0 Å². The second kappa shape index (κ2) is 6.37. The minimum atomic E-state index is -1.80. The van der Waals surface area contributed by atoms with Gasteiger partial charge in [-0.15, -0.1) is 0 Å². The van der Waals surface area contributed by atoms with E-state index in [-0.39, 0.29) is 18.8 Å². The first-order valence-electron chi connectivity index (χ1n) is 4.77. The van der Waals surface area contributed by atoms with Gasteiger partial charge < -0.3 is 10.2 Å². The highest BCUT2D eigenvalue weighted by atomic mass is 16.5. The highest BCUT2D eigenvalue weighted by Gasteiger charge is 2.31. The van der Waals surface area contributed by atoms with Crippen LogP contribution in [0.15, 0.2) is 0 Å². The molecule has 1 unspecified atom stereocenters. The minimum absolute atomic E-state index is 0.0490. The Morgan fingerprint density at radius 2 is 1.79 bits per heavy atom. The summed E-state index contributed by atoms with van der Waals surface area (Å²) < 4.78 is 0. The average molecular weight is 196 g/mol. The van der Waals surface area contributed by atoms with Crippen LogP contribution in [-0.4, -0.2) is 16.0 Å². The van der Waals surface area contributed by atoms with Gasteiger partial charge in [0.15, 0.2) is 5.79 Å². The molecule has 0 saturated heterocycles. The number of hydrogen-bond acceptors (Lipinski definition) is 4. The van der Waals surface area contributed by atoms with Crippen LogP contribution in [0.2, 0.25) is 0 Å². The third kappa shape index (κ3) is 4.23. The normalized spacial score (nSPS) is 12.9. The molecule has 1 atom stereocenters. The number of nitrogens with zero attached hydrogens (tertiary/aromatic N) is 2. The van der Waals surface area contributed by atoms with Crippen LogP contribution >= 0.6 is 0 Å². The summed E-state index contributed by atoms with van der Waals surface area (Å²) in [6.45, 7) is 1.84. The van der Waals surface area contributed by atoms with Gasteiger partial charge in [0.2, 0.25) is 0 Å². The van der Waals surface area contributed by atoms with E-state index in [2.05, 4.69) is 0 Å². The molecular formula is C10H16N2O2. The number of hydrogen-bond donors (Lipinski definition) is 2. The SMILES string of the molecule is CCC(CCC#N)C(O)(O)CCC#N. The summed E-state index contributed by atoms with van der Waals surface area (Å²) in [5.74, 6) is -2.13. The van der Waals surface area contributed by atoms with Gasteiger partial charge in [0.05, 0.1) is 12.1 Å². The molecule has 0 aliphatic heterocycles. The molecule has 0 aliphatic carbocycles. The van der Waals surface area contributed by atoms with Crippen molar-refractivity contribution in [3.05, 3.63) is 0 Å². The van der Waals surface area contributed by atoms with Crippen molar-refractivity contribution in [1.29, 1.82) is 10.5 Å². The lowest BCUT2D eigenvalue weighted by atomic mass is 9.88. The highest BCUT2D eigenvalue weighted by molar-refractivity contribution is 4.83. The van der Waals surface area contributed by atoms with Gasteiger partial charge in [-0.1, -0.05) is 6.92 Å². The second-order valence-corrected chi connectivity index (χ2v) is 3.34. The Labute approximate surface area is 84.4 Å². The molecule has 4 heteroatoms. The molecule has 0 heterocycles. The van der Waals surface area contributed by atoms with Crippen LogP contribution in [0, 0.1) is 28.6 Å². The molecule has 0 aliphatic rings. The topological polar surface area (TPSA) is 88.0 Å². The minimum Gasteiger partial charge on any atom is -0.365 e. The van der Waals surface area contributed by atoms with Crippen LogP contribution < -0.4 is 0 Å². The van der Waals surface area contributed by atoms with E-state index < -0.39 is 5.79 Å². The first-order chi connectivity index (χ1) is 6.58. The standard InChI is InChI=1S/C10H16N2O2/c1-2-9(5-3-7-11)10(13,14)6-4-8-12/h9,13-14H,2-6H2,1H3. The molecule has 2 N–H and O–H groups in total. The van der Waals surface area contributed by atoms with Gasteiger partial charge >= 0.3 is 0 Å². The smallest absolute Gasteiger partial charge is 0.166 e. The molecule has 0 amide bonds. The van der Waals surface area contributed by atoms with Crippen LogP contribution in [0.5, 0.6) is 0 Å². The van der Waals surface area contributed by atoms with Crippen molar-refractivity contribution in [2.24, 2.45) is 5.92 Å². The summed E-state index contributed by atoms with van der Waals surface area (Å²) in [7, 11) is 0. The van der Waals surface area contributed by atoms with E-state index in [1.807, 2.05) is 19.1 Å².